The van der Waals surface area contributed by atoms with Crippen molar-refractivity contribution in [2.24, 2.45) is 4.99 Å². The van der Waals surface area contributed by atoms with Crippen molar-refractivity contribution < 1.29 is 0 Å². The number of nitrogens with zero attached hydrogens (tertiary/aromatic N) is 6. The summed E-state index contributed by atoms with van der Waals surface area (Å²) in [5, 5.41) is 5.76. The van der Waals surface area contributed by atoms with Crippen LogP contribution in [0.5, 0.6) is 0 Å². The van der Waals surface area contributed by atoms with Gasteiger partial charge in [-0.1, -0.05) is 0 Å². The van der Waals surface area contributed by atoms with Crippen LogP contribution in [0, 0.1) is 0 Å². The summed E-state index contributed by atoms with van der Waals surface area (Å²) >= 11 is 1.90. The molecule has 0 aromatic carbocycles. The van der Waals surface area contributed by atoms with E-state index in [1.165, 1.54) is 12.0 Å². The van der Waals surface area contributed by atoms with Crippen LogP contribution in [-0.4, -0.2) is 78.6 Å². The maximum absolute atomic E-state index is 4.48. The molecule has 0 saturated carbocycles. The molecule has 0 radical (unpaired) electrons. The van der Waals surface area contributed by atoms with Crippen LogP contribution in [0.1, 0.15) is 10.4 Å². The van der Waals surface area contributed by atoms with Gasteiger partial charge in [0.15, 0.2) is 5.96 Å². The molecule has 0 unspecified atom stereocenters. The zero-order valence-corrected chi connectivity index (χ0v) is 19.4. The number of nitrogens with one attached hydrogen (secondary N) is 1. The summed E-state index contributed by atoms with van der Waals surface area (Å²) in [7, 11) is 1.87. The van der Waals surface area contributed by atoms with Crippen LogP contribution < -0.4 is 10.2 Å². The summed E-state index contributed by atoms with van der Waals surface area (Å²) in [6.45, 7) is 7.90. The van der Waals surface area contributed by atoms with Crippen LogP contribution in [0.25, 0.3) is 0 Å². The van der Waals surface area contributed by atoms with Gasteiger partial charge in [0.1, 0.15) is 0 Å². The molecule has 2 aromatic rings. The van der Waals surface area contributed by atoms with Gasteiger partial charge in [-0.3, -0.25) is 9.89 Å². The van der Waals surface area contributed by atoms with Crippen molar-refractivity contribution in [2.45, 2.75) is 13.0 Å². The van der Waals surface area contributed by atoms with Gasteiger partial charge >= 0.3 is 0 Å². The molecule has 1 saturated heterocycles. The second-order valence-corrected chi connectivity index (χ2v) is 7.89. The Hall–Kier alpha value is -1.46. The number of aliphatic imine (C=N–C) groups is 1. The van der Waals surface area contributed by atoms with Crippen LogP contribution in [0.3, 0.4) is 0 Å². The molecule has 0 amide bonds. The highest BCUT2D eigenvalue weighted by Gasteiger charge is 2.21. The number of piperazine rings is 1. The Morgan fingerprint density at radius 3 is 2.71 bits per heavy atom. The van der Waals surface area contributed by atoms with E-state index in [1.54, 1.807) is 17.3 Å². The summed E-state index contributed by atoms with van der Waals surface area (Å²) in [6.07, 6.45) is 4.79. The first-order chi connectivity index (χ1) is 13.3. The zero-order valence-electron chi connectivity index (χ0n) is 16.3. The first-order valence-corrected chi connectivity index (χ1v) is 10.5. The number of hydrogen-bond acceptors (Lipinski definition) is 6. The molecule has 2 aliphatic rings. The Balaban J connectivity index is 0.00000225. The topological polar surface area (TPSA) is 59.9 Å². The molecule has 4 heterocycles. The standard InChI is InChI=1S/C19H27N7S.HI/c1-20-18(23-7-9-24-8-3-17-16(15-24)4-14-27-17)25-10-12-26(13-11-25)19-21-5-2-6-22-19;/h2,4-6,14H,3,7-13,15H2,1H3,(H,20,23);1H. The number of anilines is 1. The summed E-state index contributed by atoms with van der Waals surface area (Å²) < 4.78 is 0. The lowest BCUT2D eigenvalue weighted by atomic mass is 10.1. The van der Waals surface area contributed by atoms with E-state index in [9.17, 15) is 0 Å². The Labute approximate surface area is 187 Å². The van der Waals surface area contributed by atoms with Crippen molar-refractivity contribution in [1.29, 1.82) is 0 Å². The first-order valence-electron chi connectivity index (χ1n) is 9.58. The molecule has 0 bridgehead atoms. The van der Waals surface area contributed by atoms with Gasteiger partial charge in [-0.15, -0.1) is 35.3 Å². The normalized spacial score (nSPS) is 17.8. The Morgan fingerprint density at radius 2 is 1.96 bits per heavy atom. The molecular weight excluding hydrogens is 485 g/mol. The van der Waals surface area contributed by atoms with Crippen molar-refractivity contribution >= 4 is 47.2 Å². The fourth-order valence-electron chi connectivity index (χ4n) is 3.73. The molecule has 2 aromatic heterocycles. The Morgan fingerprint density at radius 1 is 1.18 bits per heavy atom. The molecule has 0 spiro atoms. The first kappa shape index (κ1) is 21.3. The zero-order chi connectivity index (χ0) is 18.5. The number of rotatable bonds is 4. The third-order valence-corrected chi connectivity index (χ3v) is 6.25. The maximum atomic E-state index is 4.48. The van der Waals surface area contributed by atoms with Gasteiger partial charge < -0.3 is 15.1 Å². The lowest BCUT2D eigenvalue weighted by Crippen LogP contribution is -2.53. The van der Waals surface area contributed by atoms with E-state index in [2.05, 4.69) is 46.4 Å². The third-order valence-electron chi connectivity index (χ3n) is 5.22. The van der Waals surface area contributed by atoms with Gasteiger partial charge in [-0.25, -0.2) is 9.97 Å². The van der Waals surface area contributed by atoms with Crippen LogP contribution in [-0.2, 0) is 13.0 Å². The van der Waals surface area contributed by atoms with Crippen LogP contribution in [0.15, 0.2) is 34.9 Å². The molecule has 28 heavy (non-hydrogen) atoms. The van der Waals surface area contributed by atoms with Crippen LogP contribution in [0.4, 0.5) is 5.95 Å². The summed E-state index contributed by atoms with van der Waals surface area (Å²) in [5.41, 5.74) is 1.51. The van der Waals surface area contributed by atoms with Gasteiger partial charge in [0.2, 0.25) is 5.95 Å². The maximum Gasteiger partial charge on any atom is 0.225 e. The number of hydrogen-bond donors (Lipinski definition) is 1. The van der Waals surface area contributed by atoms with Gasteiger partial charge in [0.05, 0.1) is 0 Å². The average Bonchev–Trinajstić information content (AvgIpc) is 3.20. The minimum Gasteiger partial charge on any atom is -0.355 e. The number of halogens is 1. The minimum atomic E-state index is 0. The number of thiophene rings is 1. The van der Waals surface area contributed by atoms with Crippen molar-refractivity contribution in [1.82, 2.24) is 25.1 Å². The summed E-state index contributed by atoms with van der Waals surface area (Å²) in [4.78, 5) is 21.8. The smallest absolute Gasteiger partial charge is 0.225 e. The van der Waals surface area contributed by atoms with E-state index in [-0.39, 0.29) is 24.0 Å². The summed E-state index contributed by atoms with van der Waals surface area (Å²) in [6, 6.07) is 4.13. The van der Waals surface area contributed by atoms with E-state index >= 15 is 0 Å². The molecule has 7 nitrogen and oxygen atoms in total. The van der Waals surface area contributed by atoms with E-state index in [1.807, 2.05) is 24.5 Å². The SMILES string of the molecule is CN=C(NCCN1CCc2sccc2C1)N1CCN(c2ncccn2)CC1.I. The second-order valence-electron chi connectivity index (χ2n) is 6.89. The van der Waals surface area contributed by atoms with Gasteiger partial charge in [-0.2, -0.15) is 0 Å². The van der Waals surface area contributed by atoms with Crippen LogP contribution in [0.2, 0.25) is 0 Å². The molecule has 1 N–H and O–H groups in total. The highest BCUT2D eigenvalue weighted by molar-refractivity contribution is 14.0. The fourth-order valence-corrected chi connectivity index (χ4v) is 4.62. The Bertz CT molecular complexity index is 759. The molecule has 1 fully saturated rings. The lowest BCUT2D eigenvalue weighted by Gasteiger charge is -2.36. The van der Waals surface area contributed by atoms with E-state index < -0.39 is 0 Å². The Kier molecular flexibility index (Phi) is 7.86. The van der Waals surface area contributed by atoms with Crippen molar-refractivity contribution in [3.8, 4) is 0 Å². The fraction of sp³-hybridized carbons (Fsp3) is 0.526. The van der Waals surface area contributed by atoms with E-state index in [0.717, 1.165) is 64.3 Å². The van der Waals surface area contributed by atoms with Gasteiger partial charge in [-0.05, 0) is 29.5 Å². The molecule has 0 aliphatic carbocycles. The third kappa shape index (κ3) is 5.12. The molecule has 152 valence electrons. The average molecular weight is 513 g/mol. The molecule has 9 heteroatoms. The lowest BCUT2D eigenvalue weighted by molar-refractivity contribution is 0.258. The highest BCUT2D eigenvalue weighted by Crippen LogP contribution is 2.23. The largest absolute Gasteiger partial charge is 0.355 e. The number of guanidine groups is 1. The van der Waals surface area contributed by atoms with Crippen molar-refractivity contribution in [2.75, 3.05) is 57.8 Å². The van der Waals surface area contributed by atoms with Crippen molar-refractivity contribution in [3.05, 3.63) is 40.3 Å². The van der Waals surface area contributed by atoms with E-state index in [4.69, 9.17) is 0 Å². The van der Waals surface area contributed by atoms with Crippen molar-refractivity contribution in [3.63, 3.8) is 0 Å². The van der Waals surface area contributed by atoms with Crippen LogP contribution >= 0.6 is 35.3 Å². The van der Waals surface area contributed by atoms with Gasteiger partial charge in [0.25, 0.3) is 0 Å². The molecular formula is C19H28IN7S. The predicted molar refractivity (Wildman–Crippen MR) is 126 cm³/mol. The predicted octanol–water partition coefficient (Wildman–Crippen LogP) is 1.91. The summed E-state index contributed by atoms with van der Waals surface area (Å²) in [5.74, 6) is 1.81. The number of fused-ring (bicyclic) bond motifs is 1. The molecule has 2 aliphatic heterocycles. The van der Waals surface area contributed by atoms with E-state index in [0.29, 0.717) is 0 Å². The highest BCUT2D eigenvalue weighted by atomic mass is 127. The second kappa shape index (κ2) is 10.4. The quantitative estimate of drug-likeness (QED) is 0.383. The van der Waals surface area contributed by atoms with Gasteiger partial charge in [0, 0.05) is 76.7 Å². The number of aromatic nitrogens is 2. The molecule has 4 rings (SSSR count). The molecule has 0 atom stereocenters. The monoisotopic (exact) mass is 513 g/mol. The minimum absolute atomic E-state index is 0.